The number of para-hydroxylation sites is 1. The molecule has 0 aliphatic carbocycles. The minimum Gasteiger partial charge on any atom is -0.369 e. The van der Waals surface area contributed by atoms with Crippen molar-refractivity contribution in [1.82, 2.24) is 10.2 Å². The number of amides is 1. The topological polar surface area (TPSA) is 35.6 Å². The first-order valence-corrected chi connectivity index (χ1v) is 7.77. The van der Waals surface area contributed by atoms with Crippen LogP contribution in [-0.2, 0) is 4.79 Å². The minimum absolute atomic E-state index is 0.130. The zero-order valence-corrected chi connectivity index (χ0v) is 13.4. The summed E-state index contributed by atoms with van der Waals surface area (Å²) >= 11 is 0. The molecule has 0 radical (unpaired) electrons. The van der Waals surface area contributed by atoms with Crippen molar-refractivity contribution in [2.24, 2.45) is 5.41 Å². The Kier molecular flexibility index (Phi) is 5.23. The van der Waals surface area contributed by atoms with E-state index in [1.54, 1.807) is 0 Å². The molecule has 1 aromatic rings. The van der Waals surface area contributed by atoms with Crippen molar-refractivity contribution in [3.05, 3.63) is 30.3 Å². The first-order valence-electron chi connectivity index (χ1n) is 7.77. The number of nitrogens with zero attached hydrogens (tertiary/aromatic N) is 2. The van der Waals surface area contributed by atoms with Gasteiger partial charge in [0.15, 0.2) is 0 Å². The monoisotopic (exact) mass is 289 g/mol. The SMILES string of the molecule is CC(C)(C)C(=O)NCCN1CCN(c2ccccc2)CC1. The van der Waals surface area contributed by atoms with E-state index in [9.17, 15) is 4.79 Å². The van der Waals surface area contributed by atoms with E-state index in [4.69, 9.17) is 0 Å². The van der Waals surface area contributed by atoms with Gasteiger partial charge in [-0.05, 0) is 12.1 Å². The summed E-state index contributed by atoms with van der Waals surface area (Å²) in [5, 5.41) is 3.02. The van der Waals surface area contributed by atoms with E-state index in [1.165, 1.54) is 5.69 Å². The number of nitrogens with one attached hydrogen (secondary N) is 1. The number of carbonyl (C=O) groups is 1. The van der Waals surface area contributed by atoms with Crippen molar-refractivity contribution in [2.75, 3.05) is 44.2 Å². The number of carbonyl (C=O) groups excluding carboxylic acids is 1. The highest BCUT2D eigenvalue weighted by atomic mass is 16.2. The molecule has 1 aliphatic rings. The lowest BCUT2D eigenvalue weighted by Crippen LogP contribution is -2.49. The van der Waals surface area contributed by atoms with Crippen LogP contribution in [0.3, 0.4) is 0 Å². The smallest absolute Gasteiger partial charge is 0.225 e. The molecule has 1 amide bonds. The van der Waals surface area contributed by atoms with E-state index in [0.717, 1.165) is 39.3 Å². The van der Waals surface area contributed by atoms with Gasteiger partial charge >= 0.3 is 0 Å². The van der Waals surface area contributed by atoms with Gasteiger partial charge in [-0.15, -0.1) is 0 Å². The third-order valence-electron chi connectivity index (χ3n) is 3.89. The van der Waals surface area contributed by atoms with Gasteiger partial charge < -0.3 is 10.2 Å². The fourth-order valence-corrected chi connectivity index (χ4v) is 2.46. The molecule has 116 valence electrons. The van der Waals surface area contributed by atoms with Crippen LogP contribution in [0.25, 0.3) is 0 Å². The first kappa shape index (κ1) is 15.8. The number of piperazine rings is 1. The second-order valence-electron chi connectivity index (χ2n) is 6.67. The molecule has 0 spiro atoms. The molecular formula is C17H27N3O. The summed E-state index contributed by atoms with van der Waals surface area (Å²) < 4.78 is 0. The maximum atomic E-state index is 11.8. The summed E-state index contributed by atoms with van der Waals surface area (Å²) in [4.78, 5) is 16.6. The highest BCUT2D eigenvalue weighted by molar-refractivity contribution is 5.81. The van der Waals surface area contributed by atoms with E-state index in [0.29, 0.717) is 0 Å². The highest BCUT2D eigenvalue weighted by Gasteiger charge is 2.21. The second kappa shape index (κ2) is 6.94. The molecule has 0 unspecified atom stereocenters. The Bertz CT molecular complexity index is 445. The molecular weight excluding hydrogens is 262 g/mol. The number of hydrogen-bond acceptors (Lipinski definition) is 3. The predicted octanol–water partition coefficient (Wildman–Crippen LogP) is 1.97. The Morgan fingerprint density at radius 3 is 2.29 bits per heavy atom. The maximum Gasteiger partial charge on any atom is 0.225 e. The predicted molar refractivity (Wildman–Crippen MR) is 87.6 cm³/mol. The van der Waals surface area contributed by atoms with Gasteiger partial charge in [0.05, 0.1) is 0 Å². The molecule has 2 rings (SSSR count). The van der Waals surface area contributed by atoms with E-state index in [2.05, 4.69) is 45.4 Å². The summed E-state index contributed by atoms with van der Waals surface area (Å²) in [6.07, 6.45) is 0. The number of rotatable bonds is 4. The van der Waals surface area contributed by atoms with Crippen LogP contribution in [0.5, 0.6) is 0 Å². The van der Waals surface area contributed by atoms with Crippen molar-refractivity contribution >= 4 is 11.6 Å². The number of hydrogen-bond donors (Lipinski definition) is 1. The average Bonchev–Trinajstić information content (AvgIpc) is 2.48. The van der Waals surface area contributed by atoms with Crippen LogP contribution >= 0.6 is 0 Å². The van der Waals surface area contributed by atoms with E-state index in [-0.39, 0.29) is 11.3 Å². The molecule has 21 heavy (non-hydrogen) atoms. The van der Waals surface area contributed by atoms with E-state index in [1.807, 2.05) is 20.8 Å². The summed E-state index contributed by atoms with van der Waals surface area (Å²) in [5.74, 6) is 0.130. The van der Waals surface area contributed by atoms with Crippen molar-refractivity contribution < 1.29 is 4.79 Å². The largest absolute Gasteiger partial charge is 0.369 e. The van der Waals surface area contributed by atoms with E-state index >= 15 is 0 Å². The Labute approximate surface area is 128 Å². The van der Waals surface area contributed by atoms with Crippen LogP contribution < -0.4 is 10.2 Å². The van der Waals surface area contributed by atoms with Gasteiger partial charge in [-0.1, -0.05) is 39.0 Å². The van der Waals surface area contributed by atoms with Gasteiger partial charge in [0, 0.05) is 50.4 Å². The summed E-state index contributed by atoms with van der Waals surface area (Å²) in [6.45, 7) is 11.7. The fourth-order valence-electron chi connectivity index (χ4n) is 2.46. The van der Waals surface area contributed by atoms with Crippen molar-refractivity contribution in [3.63, 3.8) is 0 Å². The third-order valence-corrected chi connectivity index (χ3v) is 3.89. The van der Waals surface area contributed by atoms with Gasteiger partial charge in [0.25, 0.3) is 0 Å². The van der Waals surface area contributed by atoms with Crippen LogP contribution in [0, 0.1) is 5.41 Å². The molecule has 1 aliphatic heterocycles. The third kappa shape index (κ3) is 4.74. The Hall–Kier alpha value is -1.55. The van der Waals surface area contributed by atoms with Gasteiger partial charge in [0.1, 0.15) is 0 Å². The number of benzene rings is 1. The van der Waals surface area contributed by atoms with Crippen molar-refractivity contribution in [3.8, 4) is 0 Å². The quantitative estimate of drug-likeness (QED) is 0.920. The molecule has 1 saturated heterocycles. The van der Waals surface area contributed by atoms with Crippen molar-refractivity contribution in [2.45, 2.75) is 20.8 Å². The van der Waals surface area contributed by atoms with Gasteiger partial charge in [-0.3, -0.25) is 9.69 Å². The normalized spacial score (nSPS) is 16.8. The molecule has 4 nitrogen and oxygen atoms in total. The zero-order valence-electron chi connectivity index (χ0n) is 13.4. The highest BCUT2D eigenvalue weighted by Crippen LogP contribution is 2.15. The molecule has 1 N–H and O–H groups in total. The molecule has 0 atom stereocenters. The molecule has 1 heterocycles. The summed E-state index contributed by atoms with van der Waals surface area (Å²) in [6, 6.07) is 10.6. The molecule has 1 aromatic carbocycles. The molecule has 0 bridgehead atoms. The lowest BCUT2D eigenvalue weighted by molar-refractivity contribution is -0.128. The van der Waals surface area contributed by atoms with Crippen molar-refractivity contribution in [1.29, 1.82) is 0 Å². The minimum atomic E-state index is -0.300. The Balaban J connectivity index is 1.69. The van der Waals surface area contributed by atoms with Crippen LogP contribution in [0.15, 0.2) is 30.3 Å². The standard InChI is InChI=1S/C17H27N3O/c1-17(2,3)16(21)18-9-10-19-11-13-20(14-12-19)15-7-5-4-6-8-15/h4-8H,9-14H2,1-3H3,(H,18,21). The van der Waals surface area contributed by atoms with Crippen LogP contribution in [-0.4, -0.2) is 50.1 Å². The molecule has 0 saturated carbocycles. The first-order chi connectivity index (χ1) is 9.97. The molecule has 4 heteroatoms. The number of anilines is 1. The Morgan fingerprint density at radius 2 is 1.71 bits per heavy atom. The lowest BCUT2D eigenvalue weighted by Gasteiger charge is -2.36. The van der Waals surface area contributed by atoms with Gasteiger partial charge in [-0.2, -0.15) is 0 Å². The zero-order chi connectivity index (χ0) is 15.3. The fraction of sp³-hybridized carbons (Fsp3) is 0.588. The summed E-state index contributed by atoms with van der Waals surface area (Å²) in [5.41, 5.74) is 1.00. The second-order valence-corrected chi connectivity index (χ2v) is 6.67. The Morgan fingerprint density at radius 1 is 1.10 bits per heavy atom. The summed E-state index contributed by atoms with van der Waals surface area (Å²) in [7, 11) is 0. The van der Waals surface area contributed by atoms with Crippen LogP contribution in [0.1, 0.15) is 20.8 Å². The lowest BCUT2D eigenvalue weighted by atomic mass is 9.96. The maximum absolute atomic E-state index is 11.8. The molecule has 1 fully saturated rings. The van der Waals surface area contributed by atoms with Gasteiger partial charge in [0.2, 0.25) is 5.91 Å². The average molecular weight is 289 g/mol. The van der Waals surface area contributed by atoms with Crippen LogP contribution in [0.4, 0.5) is 5.69 Å². The van der Waals surface area contributed by atoms with E-state index < -0.39 is 0 Å². The molecule has 0 aromatic heterocycles. The van der Waals surface area contributed by atoms with Gasteiger partial charge in [-0.25, -0.2) is 0 Å². The van der Waals surface area contributed by atoms with Crippen LogP contribution in [0.2, 0.25) is 0 Å².